The summed E-state index contributed by atoms with van der Waals surface area (Å²) in [5.74, 6) is 0. The molecule has 11 heteroatoms. The van der Waals surface area contributed by atoms with Crippen LogP contribution in [0.25, 0.3) is 0 Å². The fraction of sp³-hybridized carbons (Fsp3) is 0. The van der Waals surface area contributed by atoms with Crippen molar-refractivity contribution in [1.82, 2.24) is 0 Å². The third kappa shape index (κ3) is 88.0. The molecule has 0 aromatic carbocycles. The van der Waals surface area contributed by atoms with E-state index in [-0.39, 0.29) is 187 Å². The van der Waals surface area contributed by atoms with E-state index in [4.69, 9.17) is 19.2 Å². The summed E-state index contributed by atoms with van der Waals surface area (Å²) in [6.07, 6.45) is 0. The summed E-state index contributed by atoms with van der Waals surface area (Å²) in [4.78, 5) is 29.3. The molecule has 0 fully saturated rings. The first-order valence-electron chi connectivity index (χ1n) is 0.894. The molecule has 0 radical (unpaired) electrons. The van der Waals surface area contributed by atoms with Gasteiger partial charge in [-0.05, 0) is 0 Å². The predicted molar refractivity (Wildman–Crippen MR) is 59.6 cm³/mol. The van der Waals surface area contributed by atoms with Gasteiger partial charge in [0.05, 0.1) is 0 Å². The van der Waals surface area contributed by atoms with E-state index < -0.39 is 9.05 Å². The van der Waals surface area contributed by atoms with Gasteiger partial charge < -0.3 is 24.7 Å². The van der Waals surface area contributed by atoms with Crippen LogP contribution in [0.4, 0.5) is 0 Å². The van der Waals surface area contributed by atoms with Gasteiger partial charge in [0.25, 0.3) is 0 Å². The van der Waals surface area contributed by atoms with Gasteiger partial charge in [-0.25, -0.2) is 0 Å². The third-order valence-electron chi connectivity index (χ3n) is 0. The Balaban J connectivity index is -0.00000000533. The van der Waals surface area contributed by atoms with Crippen molar-refractivity contribution >= 4 is 191 Å². The monoisotopic (exact) mass is 340 g/mol. The summed E-state index contributed by atoms with van der Waals surface area (Å²) >= 11 is 0. The van der Waals surface area contributed by atoms with E-state index >= 15 is 0 Å². The van der Waals surface area contributed by atoms with Gasteiger partial charge in [0.15, 0.2) is 17.4 Å². The van der Waals surface area contributed by atoms with Crippen LogP contribution in [0.3, 0.4) is 0 Å². The summed E-state index contributed by atoms with van der Waals surface area (Å²) in [7, 11) is -4.61. The standard InChI is InChI=1S/Al.Ca.K.Na.H4O4Si.H2O.Sr.9H/c;;;;1-5(2,3)4;;;;;;;;;;;/h;;;;1-4H;1H2;;;;;;;;;;. The molecule has 6 N–H and O–H groups in total. The van der Waals surface area contributed by atoms with Gasteiger partial charge in [-0.1, -0.05) is 0 Å². The van der Waals surface area contributed by atoms with Crippen LogP contribution in [-0.4, -0.2) is 215 Å². The molecular formula is H15AlCaKNaO5SiSr. The van der Waals surface area contributed by atoms with Crippen molar-refractivity contribution in [3.63, 3.8) is 0 Å². The van der Waals surface area contributed by atoms with Crippen LogP contribution in [0.2, 0.25) is 0 Å². The van der Waals surface area contributed by atoms with Gasteiger partial charge in [0, 0.05) is 0 Å². The average Bonchev–Trinajstić information content (AvgIpc) is 0.722. The van der Waals surface area contributed by atoms with E-state index in [1.165, 1.54) is 0 Å². The van der Waals surface area contributed by atoms with Gasteiger partial charge in [-0.2, -0.15) is 0 Å². The number of hydrogen-bond donors (Lipinski definition) is 4. The zero-order chi connectivity index (χ0) is 4.50. The van der Waals surface area contributed by atoms with Crippen molar-refractivity contribution in [2.24, 2.45) is 0 Å². The molecule has 0 atom stereocenters. The Labute approximate surface area is 209 Å². The van der Waals surface area contributed by atoms with Crippen LogP contribution in [0.1, 0.15) is 0 Å². The zero-order valence-electron chi connectivity index (χ0n) is 2.79. The maximum atomic E-state index is 7.33. The van der Waals surface area contributed by atoms with Crippen molar-refractivity contribution in [2.75, 3.05) is 0 Å². The number of hydrogen-bond acceptors (Lipinski definition) is 4. The molecule has 0 spiro atoms. The van der Waals surface area contributed by atoms with Crippen molar-refractivity contribution < 1.29 is 24.7 Å². The first kappa shape index (κ1) is 43.6. The average molecular weight is 340 g/mol. The molecular weight excluding hydrogens is 325 g/mol. The van der Waals surface area contributed by atoms with Crippen LogP contribution < -0.4 is 0 Å². The molecule has 11 heavy (non-hydrogen) atoms. The molecule has 0 bridgehead atoms. The minimum atomic E-state index is -4.61. The molecule has 0 amide bonds. The molecule has 0 rings (SSSR count). The quantitative estimate of drug-likeness (QED) is 0.328. The van der Waals surface area contributed by atoms with Crippen LogP contribution in [0, 0.1) is 0 Å². The Morgan fingerprint density at radius 1 is 0.909 bits per heavy atom. The van der Waals surface area contributed by atoms with E-state index in [0.29, 0.717) is 0 Å². The van der Waals surface area contributed by atoms with Crippen LogP contribution in [-0.2, 0) is 0 Å². The summed E-state index contributed by atoms with van der Waals surface area (Å²) in [5, 5.41) is 0. The van der Waals surface area contributed by atoms with Gasteiger partial charge in [0.1, 0.15) is 0 Å². The van der Waals surface area contributed by atoms with Gasteiger partial charge >= 0.3 is 173 Å². The van der Waals surface area contributed by atoms with E-state index in [9.17, 15) is 0 Å². The molecule has 0 heterocycles. The van der Waals surface area contributed by atoms with Crippen molar-refractivity contribution in [3.05, 3.63) is 0 Å². The molecule has 0 saturated carbocycles. The summed E-state index contributed by atoms with van der Waals surface area (Å²) in [6, 6.07) is 0. The summed E-state index contributed by atoms with van der Waals surface area (Å²) < 4.78 is 0. The molecule has 0 unspecified atom stereocenters. The van der Waals surface area contributed by atoms with E-state index in [1.54, 1.807) is 0 Å². The zero-order valence-corrected chi connectivity index (χ0v) is 3.79. The SMILES string of the molecule is O.O[Si](O)(O)O.[AlH3].[CaH2].[KH].[NaH].[SrH2]. The van der Waals surface area contributed by atoms with E-state index in [2.05, 4.69) is 0 Å². The minimum absolute atomic E-state index is 0. The fourth-order valence-electron chi connectivity index (χ4n) is 0. The maximum absolute atomic E-state index is 7.33. The van der Waals surface area contributed by atoms with Crippen molar-refractivity contribution in [2.45, 2.75) is 0 Å². The Bertz CT molecular complexity index is 42.0. The van der Waals surface area contributed by atoms with E-state index in [1.807, 2.05) is 0 Å². The molecule has 58 valence electrons. The third-order valence-corrected chi connectivity index (χ3v) is 0. The van der Waals surface area contributed by atoms with E-state index in [0.717, 1.165) is 0 Å². The molecule has 0 aromatic rings. The second-order valence-electron chi connectivity index (χ2n) is 0.600. The topological polar surface area (TPSA) is 112 Å². The Kier molecular flexibility index (Phi) is 98.8. The molecule has 0 saturated heterocycles. The molecule has 5 nitrogen and oxygen atoms in total. The van der Waals surface area contributed by atoms with Crippen LogP contribution in [0.5, 0.6) is 0 Å². The Morgan fingerprint density at radius 2 is 0.909 bits per heavy atom. The van der Waals surface area contributed by atoms with Crippen molar-refractivity contribution in [3.8, 4) is 0 Å². The summed E-state index contributed by atoms with van der Waals surface area (Å²) in [6.45, 7) is 0. The second kappa shape index (κ2) is 24.9. The molecule has 0 aliphatic rings. The van der Waals surface area contributed by atoms with Crippen LogP contribution in [0.15, 0.2) is 0 Å². The summed E-state index contributed by atoms with van der Waals surface area (Å²) in [5.41, 5.74) is 0. The first-order valence-corrected chi connectivity index (χ1v) is 2.68. The van der Waals surface area contributed by atoms with Gasteiger partial charge in [-0.3, -0.25) is 0 Å². The Hall–Kier alpha value is 5.93. The normalized spacial score (nSPS) is 5.45. The van der Waals surface area contributed by atoms with Gasteiger partial charge in [0.2, 0.25) is 0 Å². The molecule has 0 aromatic heterocycles. The van der Waals surface area contributed by atoms with Crippen molar-refractivity contribution in [1.29, 1.82) is 0 Å². The second-order valence-corrected chi connectivity index (χ2v) is 1.80. The first-order chi connectivity index (χ1) is 2.00. The number of rotatable bonds is 0. The van der Waals surface area contributed by atoms with Gasteiger partial charge in [-0.15, -0.1) is 0 Å². The molecule has 0 aliphatic heterocycles. The van der Waals surface area contributed by atoms with Crippen LogP contribution >= 0.6 is 0 Å². The Morgan fingerprint density at radius 3 is 0.909 bits per heavy atom. The fourth-order valence-corrected chi connectivity index (χ4v) is 0. The molecule has 0 aliphatic carbocycles. The predicted octanol–water partition coefficient (Wildman–Crippen LogP) is -7.75.